The molecular formula is C24H17F9N4O2. The highest BCUT2D eigenvalue weighted by molar-refractivity contribution is 6.04. The van der Waals surface area contributed by atoms with Gasteiger partial charge in [0.15, 0.2) is 5.96 Å². The van der Waals surface area contributed by atoms with Crippen LogP contribution in [-0.2, 0) is 25.1 Å². The van der Waals surface area contributed by atoms with Gasteiger partial charge in [0, 0.05) is 22.9 Å². The minimum atomic E-state index is -5.17. The van der Waals surface area contributed by atoms with Crippen LogP contribution in [-0.4, -0.2) is 11.9 Å². The number of anilines is 1. The lowest BCUT2D eigenvalue weighted by Gasteiger charge is -2.16. The first kappa shape index (κ1) is 29.1. The van der Waals surface area contributed by atoms with Gasteiger partial charge in [0.2, 0.25) is 0 Å². The monoisotopic (exact) mass is 564 g/mol. The lowest BCUT2D eigenvalue weighted by molar-refractivity contribution is -0.143. The standard InChI is InChI=1S/C24H17F9N4O2/c25-22(26,27)14-7-13(8-15(9-14)23(28,29)30)20(38)36-16-5-6-18(37-21(34)35)19(10-16)39-11-12-3-1-2-4-17(12)24(31,32)33/h1-10H,11H2,(H,36,38)(H4,34,35,37). The molecule has 0 fully saturated rings. The molecule has 0 radical (unpaired) electrons. The third kappa shape index (κ3) is 7.55. The summed E-state index contributed by atoms with van der Waals surface area (Å²) in [6, 6.07) is 8.18. The molecule has 15 heteroatoms. The lowest BCUT2D eigenvalue weighted by atomic mass is 10.0. The molecule has 3 rings (SSSR count). The highest BCUT2D eigenvalue weighted by Gasteiger charge is 2.37. The molecule has 0 saturated carbocycles. The SMILES string of the molecule is NC(N)=Nc1ccc(NC(=O)c2cc(C(F)(F)F)cc(C(F)(F)F)c2)cc1OCc1ccccc1C(F)(F)F. The van der Waals surface area contributed by atoms with E-state index in [0.29, 0.717) is 0 Å². The van der Waals surface area contributed by atoms with Crippen molar-refractivity contribution in [1.29, 1.82) is 0 Å². The van der Waals surface area contributed by atoms with Crippen molar-refractivity contribution in [2.24, 2.45) is 16.5 Å². The molecule has 0 aromatic heterocycles. The Labute approximate surface area is 214 Å². The Morgan fingerprint density at radius 3 is 1.92 bits per heavy atom. The number of hydrogen-bond acceptors (Lipinski definition) is 3. The van der Waals surface area contributed by atoms with Crippen molar-refractivity contribution in [2.75, 3.05) is 5.32 Å². The Balaban J connectivity index is 1.95. The third-order valence-electron chi connectivity index (χ3n) is 5.02. The van der Waals surface area contributed by atoms with E-state index in [-0.39, 0.29) is 40.9 Å². The molecule has 0 bridgehead atoms. The maximum absolute atomic E-state index is 13.3. The Morgan fingerprint density at radius 2 is 1.38 bits per heavy atom. The largest absolute Gasteiger partial charge is 0.487 e. The molecule has 0 aliphatic heterocycles. The van der Waals surface area contributed by atoms with Crippen LogP contribution in [0.5, 0.6) is 5.75 Å². The van der Waals surface area contributed by atoms with Crippen molar-refractivity contribution >= 4 is 23.2 Å². The molecule has 0 atom stereocenters. The van der Waals surface area contributed by atoms with Crippen LogP contribution >= 0.6 is 0 Å². The van der Waals surface area contributed by atoms with Gasteiger partial charge in [-0.2, -0.15) is 39.5 Å². The molecule has 208 valence electrons. The predicted octanol–water partition coefficient (Wildman–Crippen LogP) is 6.48. The summed E-state index contributed by atoms with van der Waals surface area (Å²) in [4.78, 5) is 16.4. The number of rotatable bonds is 6. The zero-order valence-electron chi connectivity index (χ0n) is 19.3. The number of aliphatic imine (C=N–C) groups is 1. The van der Waals surface area contributed by atoms with Crippen LogP contribution in [0.3, 0.4) is 0 Å². The molecule has 0 aliphatic rings. The molecule has 39 heavy (non-hydrogen) atoms. The first-order chi connectivity index (χ1) is 17.9. The van der Waals surface area contributed by atoms with Crippen LogP contribution in [0.15, 0.2) is 65.7 Å². The fourth-order valence-electron chi connectivity index (χ4n) is 3.31. The van der Waals surface area contributed by atoms with Crippen LogP contribution in [0.4, 0.5) is 50.9 Å². The Morgan fingerprint density at radius 1 is 0.795 bits per heavy atom. The van der Waals surface area contributed by atoms with E-state index in [1.807, 2.05) is 0 Å². The maximum Gasteiger partial charge on any atom is 0.416 e. The van der Waals surface area contributed by atoms with Crippen molar-refractivity contribution in [2.45, 2.75) is 25.1 Å². The number of nitrogens with zero attached hydrogens (tertiary/aromatic N) is 1. The van der Waals surface area contributed by atoms with Gasteiger partial charge >= 0.3 is 18.5 Å². The normalized spacial score (nSPS) is 12.1. The quantitative estimate of drug-likeness (QED) is 0.181. The van der Waals surface area contributed by atoms with Gasteiger partial charge in [-0.25, -0.2) is 4.99 Å². The molecule has 0 saturated heterocycles. The second kappa shape index (κ2) is 10.7. The molecule has 1 amide bonds. The van der Waals surface area contributed by atoms with Gasteiger partial charge in [-0.3, -0.25) is 4.79 Å². The van der Waals surface area contributed by atoms with Gasteiger partial charge in [-0.1, -0.05) is 18.2 Å². The summed E-state index contributed by atoms with van der Waals surface area (Å²) in [5, 5.41) is 2.13. The predicted molar refractivity (Wildman–Crippen MR) is 122 cm³/mol. The second-order valence-corrected chi connectivity index (χ2v) is 7.91. The van der Waals surface area contributed by atoms with Gasteiger partial charge in [-0.05, 0) is 36.4 Å². The number of benzene rings is 3. The van der Waals surface area contributed by atoms with E-state index in [1.54, 1.807) is 0 Å². The summed E-state index contributed by atoms with van der Waals surface area (Å²) < 4.78 is 124. The van der Waals surface area contributed by atoms with Crippen LogP contribution < -0.4 is 21.5 Å². The van der Waals surface area contributed by atoms with Crippen LogP contribution in [0, 0.1) is 0 Å². The zero-order valence-corrected chi connectivity index (χ0v) is 19.3. The number of amides is 1. The van der Waals surface area contributed by atoms with E-state index < -0.39 is 59.3 Å². The van der Waals surface area contributed by atoms with Gasteiger partial charge in [-0.15, -0.1) is 0 Å². The van der Waals surface area contributed by atoms with Gasteiger partial charge in [0.1, 0.15) is 18.0 Å². The topological polar surface area (TPSA) is 103 Å². The number of alkyl halides is 9. The van der Waals surface area contributed by atoms with Gasteiger partial charge in [0.25, 0.3) is 5.91 Å². The molecular weight excluding hydrogens is 547 g/mol. The number of nitrogens with one attached hydrogen (secondary N) is 1. The van der Waals surface area contributed by atoms with E-state index in [9.17, 15) is 44.3 Å². The summed E-state index contributed by atoms with van der Waals surface area (Å²) in [5.41, 5.74) is 4.82. The Kier molecular flexibility index (Phi) is 8.03. The number of halogens is 9. The minimum absolute atomic E-state index is 0.0871. The van der Waals surface area contributed by atoms with Crippen molar-refractivity contribution in [3.05, 3.63) is 88.5 Å². The molecule has 3 aromatic carbocycles. The summed E-state index contributed by atoms with van der Waals surface area (Å²) in [6.07, 6.45) is -15.0. The fraction of sp³-hybridized carbons (Fsp3) is 0.167. The zero-order chi connectivity index (χ0) is 29.2. The molecule has 5 N–H and O–H groups in total. The summed E-state index contributed by atoms with van der Waals surface area (Å²) >= 11 is 0. The summed E-state index contributed by atoms with van der Waals surface area (Å²) in [7, 11) is 0. The average molecular weight is 564 g/mol. The maximum atomic E-state index is 13.3. The Hall–Kier alpha value is -4.43. The summed E-state index contributed by atoms with van der Waals surface area (Å²) in [6.45, 7) is -0.636. The van der Waals surface area contributed by atoms with Gasteiger partial charge in [0.05, 0.1) is 16.7 Å². The van der Waals surface area contributed by atoms with E-state index >= 15 is 0 Å². The van der Waals surface area contributed by atoms with Crippen molar-refractivity contribution in [3.8, 4) is 5.75 Å². The van der Waals surface area contributed by atoms with E-state index in [1.165, 1.54) is 12.1 Å². The number of carbonyl (C=O) groups excluding carboxylic acids is 1. The number of hydrogen-bond donors (Lipinski definition) is 3. The van der Waals surface area contributed by atoms with E-state index in [2.05, 4.69) is 10.3 Å². The van der Waals surface area contributed by atoms with Crippen LogP contribution in [0.25, 0.3) is 0 Å². The van der Waals surface area contributed by atoms with Crippen molar-refractivity contribution in [1.82, 2.24) is 0 Å². The molecule has 6 nitrogen and oxygen atoms in total. The summed E-state index contributed by atoms with van der Waals surface area (Å²) in [5.74, 6) is -2.05. The Bertz CT molecular complexity index is 1360. The van der Waals surface area contributed by atoms with E-state index in [0.717, 1.165) is 30.3 Å². The first-order valence-electron chi connectivity index (χ1n) is 10.6. The highest BCUT2D eigenvalue weighted by atomic mass is 19.4. The van der Waals surface area contributed by atoms with Crippen molar-refractivity contribution < 1.29 is 49.0 Å². The number of guanidine groups is 1. The smallest absolute Gasteiger partial charge is 0.416 e. The van der Waals surface area contributed by atoms with Crippen LogP contribution in [0.2, 0.25) is 0 Å². The average Bonchev–Trinajstić information content (AvgIpc) is 2.82. The second-order valence-electron chi connectivity index (χ2n) is 7.91. The molecule has 0 unspecified atom stereocenters. The van der Waals surface area contributed by atoms with Crippen LogP contribution in [0.1, 0.15) is 32.6 Å². The van der Waals surface area contributed by atoms with Crippen molar-refractivity contribution in [3.63, 3.8) is 0 Å². The first-order valence-corrected chi connectivity index (χ1v) is 10.6. The molecule has 0 spiro atoms. The number of carbonyl (C=O) groups is 1. The highest BCUT2D eigenvalue weighted by Crippen LogP contribution is 2.37. The fourth-order valence-corrected chi connectivity index (χ4v) is 3.31. The molecule has 3 aromatic rings. The molecule has 0 heterocycles. The third-order valence-corrected chi connectivity index (χ3v) is 5.02. The lowest BCUT2D eigenvalue weighted by Crippen LogP contribution is -2.22. The molecule has 0 aliphatic carbocycles. The van der Waals surface area contributed by atoms with E-state index in [4.69, 9.17) is 16.2 Å². The number of ether oxygens (including phenoxy) is 1. The minimum Gasteiger partial charge on any atom is -0.487 e. The number of nitrogens with two attached hydrogens (primary N) is 2. The van der Waals surface area contributed by atoms with Gasteiger partial charge < -0.3 is 21.5 Å².